The Morgan fingerprint density at radius 3 is 1.33 bits per heavy atom. The molecule has 1 nitrogen and oxygen atoms in total. The summed E-state index contributed by atoms with van der Waals surface area (Å²) < 4.78 is 2.27. The number of rotatable bonds is 2. The zero-order chi connectivity index (χ0) is 26.5. The molecule has 1 heteroatoms. The van der Waals surface area contributed by atoms with Crippen LogP contribution in [0.1, 0.15) is 11.1 Å². The van der Waals surface area contributed by atoms with Crippen molar-refractivity contribution in [2.24, 2.45) is 7.05 Å². The van der Waals surface area contributed by atoms with Crippen LogP contribution in [0.25, 0.3) is 66.9 Å². The van der Waals surface area contributed by atoms with Gasteiger partial charge in [-0.15, -0.1) is 0 Å². The first-order valence-electron chi connectivity index (χ1n) is 13.6. The number of aryl methyl sites for hydroxylation is 3. The molecule has 0 atom stereocenters. The van der Waals surface area contributed by atoms with E-state index >= 15 is 0 Å². The molecule has 1 aliphatic carbocycles. The Morgan fingerprint density at radius 1 is 0.385 bits per heavy atom. The summed E-state index contributed by atoms with van der Waals surface area (Å²) in [4.78, 5) is 0. The fourth-order valence-electron chi connectivity index (χ4n) is 6.27. The third-order valence-corrected chi connectivity index (χ3v) is 8.14. The van der Waals surface area contributed by atoms with Gasteiger partial charge >= 0.3 is 0 Å². The Bertz CT molecular complexity index is 1880. The molecular formula is C38H30N+. The van der Waals surface area contributed by atoms with Gasteiger partial charge in [0.1, 0.15) is 7.05 Å². The van der Waals surface area contributed by atoms with E-state index in [0.717, 1.165) is 0 Å². The first kappa shape index (κ1) is 23.4. The van der Waals surface area contributed by atoms with Crippen molar-refractivity contribution in [2.45, 2.75) is 13.8 Å². The second kappa shape index (κ2) is 9.22. The van der Waals surface area contributed by atoms with Crippen LogP contribution in [0.2, 0.25) is 0 Å². The highest BCUT2D eigenvalue weighted by Crippen LogP contribution is 2.48. The maximum absolute atomic E-state index is 2.42. The normalized spacial score (nSPS) is 11.5. The van der Waals surface area contributed by atoms with Gasteiger partial charge in [0, 0.05) is 17.2 Å². The third-order valence-electron chi connectivity index (χ3n) is 8.14. The number of benzene rings is 5. The van der Waals surface area contributed by atoms with E-state index in [1.807, 2.05) is 0 Å². The monoisotopic (exact) mass is 500 g/mol. The fraction of sp³-hybridized carbons (Fsp3) is 0.0789. The molecule has 0 fully saturated rings. The first-order chi connectivity index (χ1) is 19.1. The summed E-state index contributed by atoms with van der Waals surface area (Å²) in [6, 6.07) is 44.4. The van der Waals surface area contributed by atoms with Gasteiger partial charge in [-0.25, -0.2) is 4.57 Å². The SMILES string of the molecule is Cc1c[n+](C)c(-c2cc3c(cc2C)-c2ccccc2-c2ccccc2-c2ccccc2-3)cc1-c1ccccc1. The summed E-state index contributed by atoms with van der Waals surface area (Å²) in [5.41, 5.74) is 17.8. The summed E-state index contributed by atoms with van der Waals surface area (Å²) in [7, 11) is 2.16. The number of pyridine rings is 1. The number of hydrogen-bond donors (Lipinski definition) is 0. The topological polar surface area (TPSA) is 3.88 Å². The molecular weight excluding hydrogens is 470 g/mol. The van der Waals surface area contributed by atoms with Gasteiger partial charge in [-0.3, -0.25) is 0 Å². The van der Waals surface area contributed by atoms with Crippen LogP contribution < -0.4 is 4.57 Å². The molecule has 0 bridgehead atoms. The lowest BCUT2D eigenvalue weighted by molar-refractivity contribution is -0.660. The Hall–Kier alpha value is -4.75. The Kier molecular flexibility index (Phi) is 5.52. The van der Waals surface area contributed by atoms with Gasteiger partial charge in [0.05, 0.1) is 0 Å². The number of fused-ring (bicyclic) bond motifs is 8. The first-order valence-corrected chi connectivity index (χ1v) is 13.6. The summed E-state index contributed by atoms with van der Waals surface area (Å²) in [6.45, 7) is 4.45. The van der Waals surface area contributed by atoms with Gasteiger partial charge in [0.2, 0.25) is 5.69 Å². The molecule has 0 amide bonds. The minimum Gasteiger partial charge on any atom is -0.201 e. The summed E-state index contributed by atoms with van der Waals surface area (Å²) >= 11 is 0. The van der Waals surface area contributed by atoms with Gasteiger partial charge in [0.15, 0.2) is 6.20 Å². The molecule has 0 saturated carbocycles. The zero-order valence-corrected chi connectivity index (χ0v) is 22.6. The van der Waals surface area contributed by atoms with Crippen molar-refractivity contribution in [3.63, 3.8) is 0 Å². The lowest BCUT2D eigenvalue weighted by atomic mass is 9.79. The third kappa shape index (κ3) is 3.82. The maximum atomic E-state index is 2.42. The molecule has 0 N–H and O–H groups in total. The molecule has 0 unspecified atom stereocenters. The molecule has 39 heavy (non-hydrogen) atoms. The van der Waals surface area contributed by atoms with E-state index in [2.05, 4.69) is 153 Å². The zero-order valence-electron chi connectivity index (χ0n) is 22.6. The molecule has 0 saturated heterocycles. The average molecular weight is 501 g/mol. The number of nitrogens with zero attached hydrogens (tertiary/aromatic N) is 1. The molecule has 0 radical (unpaired) electrons. The molecule has 7 rings (SSSR count). The number of hydrogen-bond acceptors (Lipinski definition) is 0. The minimum absolute atomic E-state index is 1.22. The highest BCUT2D eigenvalue weighted by atomic mass is 14.9. The molecule has 1 aliphatic rings. The van der Waals surface area contributed by atoms with Crippen LogP contribution in [-0.4, -0.2) is 0 Å². The van der Waals surface area contributed by atoms with Crippen molar-refractivity contribution >= 4 is 0 Å². The van der Waals surface area contributed by atoms with E-state index in [9.17, 15) is 0 Å². The van der Waals surface area contributed by atoms with Crippen molar-refractivity contribution in [3.05, 3.63) is 139 Å². The summed E-state index contributed by atoms with van der Waals surface area (Å²) in [5.74, 6) is 0. The van der Waals surface area contributed by atoms with Crippen molar-refractivity contribution in [3.8, 4) is 66.9 Å². The quantitative estimate of drug-likeness (QED) is 0.208. The van der Waals surface area contributed by atoms with Crippen molar-refractivity contribution in [1.29, 1.82) is 0 Å². The smallest absolute Gasteiger partial charge is 0.201 e. The van der Waals surface area contributed by atoms with Crippen LogP contribution in [0.4, 0.5) is 0 Å². The molecule has 1 heterocycles. The van der Waals surface area contributed by atoms with E-state index < -0.39 is 0 Å². The fourth-order valence-corrected chi connectivity index (χ4v) is 6.27. The molecule has 6 aromatic rings. The summed E-state index contributed by atoms with van der Waals surface area (Å²) in [5, 5.41) is 0. The Morgan fingerprint density at radius 2 is 0.821 bits per heavy atom. The van der Waals surface area contributed by atoms with Crippen molar-refractivity contribution in [2.75, 3.05) is 0 Å². The standard InChI is InChI=1S/C38H30N/c1-25-21-36-32-19-11-9-17-30(32)28-15-7-8-16-29(28)31-18-10-12-20-33(31)37(36)22-35(25)38-23-34(26(2)24-39(38)3)27-13-5-4-6-14-27/h4-24H,1-3H3/q+1. The predicted molar refractivity (Wildman–Crippen MR) is 163 cm³/mol. The van der Waals surface area contributed by atoms with Gasteiger partial charge in [-0.2, -0.15) is 0 Å². The van der Waals surface area contributed by atoms with Gasteiger partial charge in [0.25, 0.3) is 0 Å². The highest BCUT2D eigenvalue weighted by molar-refractivity contribution is 6.04. The molecule has 1 aromatic heterocycles. The van der Waals surface area contributed by atoms with Crippen LogP contribution in [0.3, 0.4) is 0 Å². The van der Waals surface area contributed by atoms with E-state index in [4.69, 9.17) is 0 Å². The minimum atomic E-state index is 1.22. The Labute approximate surface area is 230 Å². The van der Waals surface area contributed by atoms with Crippen LogP contribution in [0.15, 0.2) is 128 Å². The van der Waals surface area contributed by atoms with Crippen molar-refractivity contribution in [1.82, 2.24) is 0 Å². The number of aromatic nitrogens is 1. The largest absolute Gasteiger partial charge is 0.213 e. The molecule has 0 spiro atoms. The van der Waals surface area contributed by atoms with Crippen LogP contribution in [-0.2, 0) is 7.05 Å². The van der Waals surface area contributed by atoms with E-state index in [0.29, 0.717) is 0 Å². The van der Waals surface area contributed by atoms with E-state index in [1.54, 1.807) is 0 Å². The lowest BCUT2D eigenvalue weighted by Crippen LogP contribution is -2.31. The van der Waals surface area contributed by atoms with Gasteiger partial charge in [-0.1, -0.05) is 103 Å². The van der Waals surface area contributed by atoms with Gasteiger partial charge < -0.3 is 0 Å². The van der Waals surface area contributed by atoms with Gasteiger partial charge in [-0.05, 0) is 87.2 Å². The Balaban J connectivity index is 1.54. The van der Waals surface area contributed by atoms with E-state index in [-0.39, 0.29) is 0 Å². The van der Waals surface area contributed by atoms with Crippen LogP contribution >= 0.6 is 0 Å². The maximum Gasteiger partial charge on any atom is 0.213 e. The molecule has 0 aliphatic heterocycles. The average Bonchev–Trinajstić information content (AvgIpc) is 2.97. The predicted octanol–water partition coefficient (Wildman–Crippen LogP) is 9.44. The van der Waals surface area contributed by atoms with Crippen LogP contribution in [0.5, 0.6) is 0 Å². The van der Waals surface area contributed by atoms with E-state index in [1.165, 1.54) is 78.0 Å². The second-order valence-corrected chi connectivity index (χ2v) is 10.6. The molecule has 5 aromatic carbocycles. The highest BCUT2D eigenvalue weighted by Gasteiger charge is 2.25. The van der Waals surface area contributed by atoms with Crippen LogP contribution in [0, 0.1) is 13.8 Å². The van der Waals surface area contributed by atoms with Crippen molar-refractivity contribution < 1.29 is 4.57 Å². The second-order valence-electron chi connectivity index (χ2n) is 10.6. The summed E-state index contributed by atoms with van der Waals surface area (Å²) in [6.07, 6.45) is 2.26. The lowest BCUT2D eigenvalue weighted by Gasteiger charge is -2.24. The molecule has 186 valence electrons.